The van der Waals surface area contributed by atoms with Crippen LogP contribution in [-0.2, 0) is 0 Å². The summed E-state index contributed by atoms with van der Waals surface area (Å²) in [5.74, 6) is 0.491. The van der Waals surface area contributed by atoms with Gasteiger partial charge in [0.2, 0.25) is 0 Å². The van der Waals surface area contributed by atoms with Crippen molar-refractivity contribution in [3.63, 3.8) is 0 Å². The highest BCUT2D eigenvalue weighted by atomic mass is 32.1. The van der Waals surface area contributed by atoms with E-state index in [-0.39, 0.29) is 30.7 Å². The van der Waals surface area contributed by atoms with E-state index < -0.39 is 6.43 Å². The minimum Gasteiger partial charge on any atom is -0.318 e. The largest absolute Gasteiger partial charge is 0.323 e. The molecule has 2 aliphatic heterocycles. The van der Waals surface area contributed by atoms with Gasteiger partial charge in [0.15, 0.2) is 0 Å². The molecule has 2 fully saturated rings. The number of urea groups is 1. The molecule has 2 saturated heterocycles. The Morgan fingerprint density at radius 3 is 2.66 bits per heavy atom. The molecule has 2 amide bonds. The standard InChI is InChI=1S/C22H24F2N6OS/c1-12-28-29-21(32-12)13-2-3-14-10-26-20(7-15(14)6-13)27-22(31)30-17-4-5-18(30)9-16(8-17)25-11-19(23)24/h2-3,6-7,10,16-19,25H,4-5,8-9,11H2,1H3,(H,26,27,31)/t16?,17-,18?/m0/s1. The lowest BCUT2D eigenvalue weighted by Crippen LogP contribution is -2.53. The van der Waals surface area contributed by atoms with Crippen LogP contribution in [0.4, 0.5) is 19.4 Å². The number of amides is 2. The van der Waals surface area contributed by atoms with Gasteiger partial charge in [-0.15, -0.1) is 10.2 Å². The van der Waals surface area contributed by atoms with Gasteiger partial charge in [-0.05, 0) is 50.1 Å². The number of carbonyl (C=O) groups is 1. The van der Waals surface area contributed by atoms with Crippen molar-refractivity contribution >= 4 is 34.0 Å². The van der Waals surface area contributed by atoms with Gasteiger partial charge in [0, 0.05) is 35.3 Å². The number of rotatable bonds is 5. The predicted molar refractivity (Wildman–Crippen MR) is 120 cm³/mol. The van der Waals surface area contributed by atoms with E-state index in [4.69, 9.17) is 0 Å². The van der Waals surface area contributed by atoms with Crippen molar-refractivity contribution in [3.8, 4) is 10.6 Å². The Hall–Kier alpha value is -2.72. The number of anilines is 1. The lowest BCUT2D eigenvalue weighted by atomic mass is 9.97. The Labute approximate surface area is 188 Å². The quantitative estimate of drug-likeness (QED) is 0.591. The van der Waals surface area contributed by atoms with Crippen LogP contribution in [0.3, 0.4) is 0 Å². The van der Waals surface area contributed by atoms with E-state index in [9.17, 15) is 13.6 Å². The summed E-state index contributed by atoms with van der Waals surface area (Å²) in [6.45, 7) is 1.63. The Morgan fingerprint density at radius 1 is 1.19 bits per heavy atom. The zero-order valence-electron chi connectivity index (χ0n) is 17.6. The molecule has 0 aliphatic carbocycles. The molecule has 4 heterocycles. The molecule has 3 aromatic rings. The molecule has 0 radical (unpaired) electrons. The number of alkyl halides is 2. The molecule has 2 unspecified atom stereocenters. The molecule has 168 valence electrons. The van der Waals surface area contributed by atoms with E-state index in [0.29, 0.717) is 18.7 Å². The number of nitrogens with one attached hydrogen (secondary N) is 2. The molecule has 2 N–H and O–H groups in total. The molecule has 2 bridgehead atoms. The van der Waals surface area contributed by atoms with Gasteiger partial charge in [0.05, 0.1) is 6.54 Å². The van der Waals surface area contributed by atoms with Crippen LogP contribution in [0.5, 0.6) is 0 Å². The topological polar surface area (TPSA) is 83.0 Å². The van der Waals surface area contributed by atoms with Crippen LogP contribution in [0.1, 0.15) is 30.7 Å². The smallest absolute Gasteiger partial charge is 0.318 e. The Bertz CT molecular complexity index is 1120. The number of hydrogen-bond donors (Lipinski definition) is 2. The Balaban J connectivity index is 1.29. The van der Waals surface area contributed by atoms with Gasteiger partial charge < -0.3 is 10.2 Å². The first-order valence-electron chi connectivity index (χ1n) is 10.8. The summed E-state index contributed by atoms with van der Waals surface area (Å²) in [6.07, 6.45) is 2.60. The average molecular weight is 459 g/mol. The van der Waals surface area contributed by atoms with Crippen LogP contribution in [0.25, 0.3) is 21.3 Å². The first-order chi connectivity index (χ1) is 15.5. The van der Waals surface area contributed by atoms with Crippen LogP contribution < -0.4 is 10.6 Å². The number of carbonyl (C=O) groups excluding carboxylic acids is 1. The number of benzene rings is 1. The number of hydrogen-bond acceptors (Lipinski definition) is 6. The van der Waals surface area contributed by atoms with Gasteiger partial charge in [-0.25, -0.2) is 18.6 Å². The molecule has 3 atom stereocenters. The van der Waals surface area contributed by atoms with Crippen molar-refractivity contribution in [2.45, 2.75) is 57.2 Å². The highest BCUT2D eigenvalue weighted by molar-refractivity contribution is 7.14. The molecular formula is C22H24F2N6OS. The summed E-state index contributed by atoms with van der Waals surface area (Å²) in [5, 5.41) is 17.9. The number of fused-ring (bicyclic) bond motifs is 3. The molecule has 0 saturated carbocycles. The zero-order chi connectivity index (χ0) is 22.2. The minimum atomic E-state index is -2.36. The molecule has 2 aromatic heterocycles. The van der Waals surface area contributed by atoms with Crippen molar-refractivity contribution in [2.24, 2.45) is 0 Å². The van der Waals surface area contributed by atoms with Gasteiger partial charge in [-0.3, -0.25) is 5.32 Å². The maximum Gasteiger partial charge on any atom is 0.323 e. The van der Waals surface area contributed by atoms with Gasteiger partial charge in [0.1, 0.15) is 15.8 Å². The molecule has 5 rings (SSSR count). The van der Waals surface area contributed by atoms with E-state index in [0.717, 1.165) is 39.2 Å². The third-order valence-electron chi connectivity index (χ3n) is 6.26. The molecule has 10 heteroatoms. The van der Waals surface area contributed by atoms with Crippen LogP contribution in [-0.4, -0.2) is 57.2 Å². The molecule has 0 spiro atoms. The molecule has 2 aliphatic rings. The fraction of sp³-hybridized carbons (Fsp3) is 0.455. The van der Waals surface area contributed by atoms with E-state index in [2.05, 4.69) is 25.8 Å². The normalized spacial score (nSPS) is 22.6. The summed E-state index contributed by atoms with van der Waals surface area (Å²) < 4.78 is 25.1. The number of aryl methyl sites for hydroxylation is 1. The Kier molecular flexibility index (Phi) is 5.73. The van der Waals surface area contributed by atoms with E-state index >= 15 is 0 Å². The summed E-state index contributed by atoms with van der Waals surface area (Å²) in [4.78, 5) is 19.3. The fourth-order valence-corrected chi connectivity index (χ4v) is 5.55. The van der Waals surface area contributed by atoms with Crippen molar-refractivity contribution in [1.29, 1.82) is 0 Å². The minimum absolute atomic E-state index is 0.0340. The number of halogens is 2. The van der Waals surface area contributed by atoms with Crippen molar-refractivity contribution in [3.05, 3.63) is 35.5 Å². The summed E-state index contributed by atoms with van der Waals surface area (Å²) in [5.41, 5.74) is 0.975. The second-order valence-electron chi connectivity index (χ2n) is 8.45. The number of aromatic nitrogens is 3. The van der Waals surface area contributed by atoms with Crippen molar-refractivity contribution in [1.82, 2.24) is 25.4 Å². The Morgan fingerprint density at radius 2 is 1.97 bits per heavy atom. The average Bonchev–Trinajstić information content (AvgIpc) is 3.32. The van der Waals surface area contributed by atoms with Gasteiger partial charge in [0.25, 0.3) is 6.43 Å². The van der Waals surface area contributed by atoms with E-state index in [1.54, 1.807) is 6.20 Å². The van der Waals surface area contributed by atoms with Crippen molar-refractivity contribution < 1.29 is 13.6 Å². The molecule has 1 aromatic carbocycles. The lowest BCUT2D eigenvalue weighted by molar-refractivity contribution is 0.115. The van der Waals surface area contributed by atoms with Crippen LogP contribution in [0, 0.1) is 6.92 Å². The maximum atomic E-state index is 13.0. The summed E-state index contributed by atoms with van der Waals surface area (Å²) >= 11 is 1.53. The molecular weight excluding hydrogens is 434 g/mol. The number of pyridine rings is 1. The third kappa shape index (κ3) is 4.29. The third-order valence-corrected chi connectivity index (χ3v) is 7.15. The van der Waals surface area contributed by atoms with Gasteiger partial charge in [-0.2, -0.15) is 0 Å². The molecule has 32 heavy (non-hydrogen) atoms. The summed E-state index contributed by atoms with van der Waals surface area (Å²) in [7, 11) is 0. The van der Waals surface area contributed by atoms with Crippen molar-refractivity contribution in [2.75, 3.05) is 11.9 Å². The number of piperidine rings is 1. The summed E-state index contributed by atoms with van der Waals surface area (Å²) in [6, 6.07) is 7.86. The van der Waals surface area contributed by atoms with Crippen LogP contribution >= 0.6 is 11.3 Å². The van der Waals surface area contributed by atoms with E-state index in [1.165, 1.54) is 11.3 Å². The van der Waals surface area contributed by atoms with Gasteiger partial charge in [-0.1, -0.05) is 23.5 Å². The second kappa shape index (κ2) is 8.67. The first kappa shape index (κ1) is 21.1. The second-order valence-corrected chi connectivity index (χ2v) is 9.63. The monoisotopic (exact) mass is 458 g/mol. The van der Waals surface area contributed by atoms with Crippen LogP contribution in [0.2, 0.25) is 0 Å². The van der Waals surface area contributed by atoms with Gasteiger partial charge >= 0.3 is 6.03 Å². The predicted octanol–water partition coefficient (Wildman–Crippen LogP) is 4.44. The highest BCUT2D eigenvalue weighted by Gasteiger charge is 2.43. The zero-order valence-corrected chi connectivity index (χ0v) is 18.4. The van der Waals surface area contributed by atoms with Crippen LogP contribution in [0.15, 0.2) is 30.5 Å². The fourth-order valence-electron chi connectivity index (χ4n) is 4.86. The molecule has 7 nitrogen and oxygen atoms in total. The number of nitrogens with zero attached hydrogens (tertiary/aromatic N) is 4. The van der Waals surface area contributed by atoms with E-state index in [1.807, 2.05) is 36.1 Å². The maximum absolute atomic E-state index is 13.0. The lowest BCUT2D eigenvalue weighted by Gasteiger charge is -2.39. The highest BCUT2D eigenvalue weighted by Crippen LogP contribution is 2.36. The first-order valence-corrected chi connectivity index (χ1v) is 11.6. The SMILES string of the molecule is Cc1nnc(-c2ccc3cnc(NC(=O)N4C5CC[C@H]4CC(NCC(F)F)C5)cc3c2)s1.